The van der Waals surface area contributed by atoms with Crippen molar-refractivity contribution in [2.45, 2.75) is 36.0 Å². The van der Waals surface area contributed by atoms with Gasteiger partial charge >= 0.3 is 5.69 Å². The Morgan fingerprint density at radius 1 is 1.16 bits per heavy atom. The van der Waals surface area contributed by atoms with Gasteiger partial charge in [-0.25, -0.2) is 14.8 Å². The van der Waals surface area contributed by atoms with Crippen molar-refractivity contribution >= 4 is 34.1 Å². The van der Waals surface area contributed by atoms with Gasteiger partial charge in [-0.2, -0.15) is 0 Å². The summed E-state index contributed by atoms with van der Waals surface area (Å²) < 4.78 is 2.57. The van der Waals surface area contributed by atoms with E-state index in [9.17, 15) is 9.59 Å². The van der Waals surface area contributed by atoms with Crippen LogP contribution in [0.3, 0.4) is 0 Å². The smallest absolute Gasteiger partial charge is 0.280 e. The molecule has 1 saturated carbocycles. The van der Waals surface area contributed by atoms with Crippen LogP contribution in [0.4, 0.5) is 0 Å². The zero-order valence-electron chi connectivity index (χ0n) is 14.1. The summed E-state index contributed by atoms with van der Waals surface area (Å²) in [6.07, 6.45) is 4.71. The molecular formula is C17H18N4O2S2. The van der Waals surface area contributed by atoms with Crippen LogP contribution in [0.1, 0.15) is 25.7 Å². The first-order valence-corrected chi connectivity index (χ1v) is 10.0. The molecule has 0 atom stereocenters. The topological polar surface area (TPSA) is 69.8 Å². The van der Waals surface area contributed by atoms with Crippen molar-refractivity contribution in [2.75, 3.05) is 0 Å². The summed E-state index contributed by atoms with van der Waals surface area (Å²) in [5.74, 6) is 0.575. The van der Waals surface area contributed by atoms with Crippen molar-refractivity contribution in [3.8, 4) is 10.7 Å². The van der Waals surface area contributed by atoms with Crippen molar-refractivity contribution in [2.24, 2.45) is 14.1 Å². The van der Waals surface area contributed by atoms with Crippen LogP contribution in [0.2, 0.25) is 0 Å². The van der Waals surface area contributed by atoms with Crippen LogP contribution in [0, 0.1) is 0 Å². The molecule has 3 aromatic heterocycles. The minimum atomic E-state index is -0.370. The first-order chi connectivity index (χ1) is 12.1. The van der Waals surface area contributed by atoms with E-state index in [0.717, 1.165) is 22.3 Å². The van der Waals surface area contributed by atoms with E-state index in [2.05, 4.69) is 4.98 Å². The lowest BCUT2D eigenvalue weighted by atomic mass is 10.3. The Bertz CT molecular complexity index is 1050. The van der Waals surface area contributed by atoms with Gasteiger partial charge in [0.15, 0.2) is 11.5 Å². The second kappa shape index (κ2) is 6.42. The predicted octanol–water partition coefficient (Wildman–Crippen LogP) is 2.79. The molecule has 1 fully saturated rings. The number of aryl methyl sites for hydroxylation is 1. The van der Waals surface area contributed by atoms with E-state index in [1.54, 1.807) is 30.1 Å². The minimum Gasteiger partial charge on any atom is -0.280 e. The lowest BCUT2D eigenvalue weighted by Crippen LogP contribution is -2.37. The largest absolute Gasteiger partial charge is 0.332 e. The van der Waals surface area contributed by atoms with Gasteiger partial charge in [-0.15, -0.1) is 23.1 Å². The first kappa shape index (κ1) is 16.5. The van der Waals surface area contributed by atoms with Crippen LogP contribution in [-0.4, -0.2) is 24.4 Å². The zero-order valence-corrected chi connectivity index (χ0v) is 15.7. The van der Waals surface area contributed by atoms with Gasteiger partial charge in [0.2, 0.25) is 0 Å². The number of thioether (sulfide) groups is 1. The number of aromatic nitrogens is 4. The maximum atomic E-state index is 12.8. The molecule has 0 radical (unpaired) electrons. The summed E-state index contributed by atoms with van der Waals surface area (Å²) in [7, 11) is 3.15. The van der Waals surface area contributed by atoms with Gasteiger partial charge in [0.25, 0.3) is 5.56 Å². The molecule has 0 bridgehead atoms. The molecule has 1 aliphatic rings. The summed E-state index contributed by atoms with van der Waals surface area (Å²) in [5, 5.41) is 3.57. The van der Waals surface area contributed by atoms with Gasteiger partial charge in [0.05, 0.1) is 4.88 Å². The van der Waals surface area contributed by atoms with Crippen LogP contribution < -0.4 is 11.2 Å². The average Bonchev–Trinajstić information content (AvgIpc) is 3.31. The Morgan fingerprint density at radius 2 is 1.92 bits per heavy atom. The van der Waals surface area contributed by atoms with Crippen LogP contribution in [0.5, 0.6) is 0 Å². The molecule has 0 unspecified atom stereocenters. The van der Waals surface area contributed by atoms with Gasteiger partial charge < -0.3 is 0 Å². The van der Waals surface area contributed by atoms with Gasteiger partial charge in [0.1, 0.15) is 10.4 Å². The van der Waals surface area contributed by atoms with Gasteiger partial charge in [-0.1, -0.05) is 18.9 Å². The number of hydrogen-bond acceptors (Lipinski definition) is 6. The highest BCUT2D eigenvalue weighted by Gasteiger charge is 2.23. The molecular weight excluding hydrogens is 356 g/mol. The van der Waals surface area contributed by atoms with E-state index in [0.29, 0.717) is 27.1 Å². The van der Waals surface area contributed by atoms with E-state index in [-0.39, 0.29) is 11.2 Å². The van der Waals surface area contributed by atoms with Crippen molar-refractivity contribution in [3.63, 3.8) is 0 Å². The van der Waals surface area contributed by atoms with E-state index in [1.807, 2.05) is 17.5 Å². The predicted molar refractivity (Wildman–Crippen MR) is 101 cm³/mol. The minimum absolute atomic E-state index is 0.323. The molecule has 1 aliphatic carbocycles. The average molecular weight is 374 g/mol. The maximum Gasteiger partial charge on any atom is 0.332 e. The molecule has 8 heteroatoms. The molecule has 4 rings (SSSR count). The molecule has 3 heterocycles. The van der Waals surface area contributed by atoms with Crippen LogP contribution in [0.25, 0.3) is 21.7 Å². The third-order valence-electron chi connectivity index (χ3n) is 4.59. The third-order valence-corrected chi connectivity index (χ3v) is 6.78. The third kappa shape index (κ3) is 2.83. The van der Waals surface area contributed by atoms with Crippen LogP contribution in [-0.2, 0) is 14.1 Å². The fraction of sp³-hybridized carbons (Fsp3) is 0.412. The lowest BCUT2D eigenvalue weighted by Gasteiger charge is -2.13. The highest BCUT2D eigenvalue weighted by atomic mass is 32.2. The molecule has 0 spiro atoms. The Hall–Kier alpha value is -1.93. The van der Waals surface area contributed by atoms with Crippen LogP contribution >= 0.6 is 23.1 Å². The van der Waals surface area contributed by atoms with E-state index in [4.69, 9.17) is 4.98 Å². The fourth-order valence-corrected chi connectivity index (χ4v) is 5.17. The number of fused-ring (bicyclic) bond motifs is 1. The highest BCUT2D eigenvalue weighted by Crippen LogP contribution is 2.36. The molecule has 6 nitrogen and oxygen atoms in total. The quantitative estimate of drug-likeness (QED) is 0.660. The number of thiophene rings is 1. The first-order valence-electron chi connectivity index (χ1n) is 8.24. The fourth-order valence-electron chi connectivity index (χ4n) is 3.19. The number of hydrogen-bond donors (Lipinski definition) is 0. The van der Waals surface area contributed by atoms with Crippen molar-refractivity contribution < 1.29 is 0 Å². The molecule has 130 valence electrons. The van der Waals surface area contributed by atoms with Gasteiger partial charge in [-0.05, 0) is 24.3 Å². The number of rotatable bonds is 3. The van der Waals surface area contributed by atoms with Crippen molar-refractivity contribution in [1.82, 2.24) is 19.1 Å². The molecule has 0 N–H and O–H groups in total. The maximum absolute atomic E-state index is 12.8. The lowest BCUT2D eigenvalue weighted by molar-refractivity contribution is 0.703. The summed E-state index contributed by atoms with van der Waals surface area (Å²) in [4.78, 5) is 35.3. The Labute approximate surface area is 152 Å². The van der Waals surface area contributed by atoms with Gasteiger partial charge in [-0.3, -0.25) is 13.9 Å². The van der Waals surface area contributed by atoms with E-state index in [1.165, 1.54) is 24.5 Å². The summed E-state index contributed by atoms with van der Waals surface area (Å²) in [6.45, 7) is 0. The monoisotopic (exact) mass is 374 g/mol. The van der Waals surface area contributed by atoms with Crippen LogP contribution in [0.15, 0.2) is 32.1 Å². The molecule has 0 amide bonds. The summed E-state index contributed by atoms with van der Waals surface area (Å²) >= 11 is 3.20. The van der Waals surface area contributed by atoms with Gasteiger partial charge in [0, 0.05) is 19.3 Å². The van der Waals surface area contributed by atoms with Crippen molar-refractivity contribution in [1.29, 1.82) is 0 Å². The molecule has 0 aliphatic heterocycles. The Morgan fingerprint density at radius 3 is 2.60 bits per heavy atom. The molecule has 3 aromatic rings. The Kier molecular flexibility index (Phi) is 4.24. The van der Waals surface area contributed by atoms with E-state index < -0.39 is 0 Å². The van der Waals surface area contributed by atoms with E-state index >= 15 is 0 Å². The molecule has 25 heavy (non-hydrogen) atoms. The SMILES string of the molecule is Cn1c(=O)c2c(SC3CCCC3)nc(-c3cccs3)nc2n(C)c1=O. The Balaban J connectivity index is 2.01. The second-order valence-corrected chi connectivity index (χ2v) is 8.50. The summed E-state index contributed by atoms with van der Waals surface area (Å²) in [6, 6.07) is 3.90. The molecule has 0 saturated heterocycles. The zero-order chi connectivity index (χ0) is 17.6. The standard InChI is InChI=1S/C17H18N4O2S2/c1-20-14-12(16(22)21(2)17(20)23)15(25-10-6-3-4-7-10)19-13(18-14)11-8-5-9-24-11/h5,8-10H,3-4,6-7H2,1-2H3. The van der Waals surface area contributed by atoms with Crippen molar-refractivity contribution in [3.05, 3.63) is 38.4 Å². The second-order valence-electron chi connectivity index (χ2n) is 6.26. The number of nitrogens with zero attached hydrogens (tertiary/aromatic N) is 4. The summed E-state index contributed by atoms with van der Waals surface area (Å²) in [5.41, 5.74) is -0.284. The highest BCUT2D eigenvalue weighted by molar-refractivity contribution is 8.00. The molecule has 0 aromatic carbocycles. The normalized spacial score (nSPS) is 15.3.